The molecule has 1 aromatic heterocycles. The average Bonchev–Trinajstić information content (AvgIpc) is 2.80. The lowest BCUT2D eigenvalue weighted by Crippen LogP contribution is -2.30. The Labute approximate surface area is 141 Å². The predicted molar refractivity (Wildman–Crippen MR) is 90.1 cm³/mol. The Morgan fingerprint density at radius 2 is 1.90 bits per heavy atom. The topological polar surface area (TPSA) is 35.2 Å². The van der Waals surface area contributed by atoms with Crippen molar-refractivity contribution in [3.8, 4) is 5.75 Å². The van der Waals surface area contributed by atoms with Gasteiger partial charge in [-0.25, -0.2) is 0 Å². The van der Waals surface area contributed by atoms with E-state index in [1.54, 1.807) is 29.5 Å². The summed E-state index contributed by atoms with van der Waals surface area (Å²) in [5.41, 5.74) is 6.18. The monoisotopic (exact) mass is 393 g/mol. The quantitative estimate of drug-likeness (QED) is 0.708. The first-order chi connectivity index (χ1) is 9.49. The molecule has 0 saturated carbocycles. The van der Waals surface area contributed by atoms with Crippen LogP contribution < -0.4 is 10.5 Å². The van der Waals surface area contributed by atoms with E-state index in [1.165, 1.54) is 0 Å². The Morgan fingerprint density at radius 3 is 2.40 bits per heavy atom. The van der Waals surface area contributed by atoms with Crippen molar-refractivity contribution in [2.24, 2.45) is 5.73 Å². The highest BCUT2D eigenvalue weighted by Gasteiger charge is 2.22. The zero-order chi connectivity index (χ0) is 14.7. The van der Waals surface area contributed by atoms with Crippen molar-refractivity contribution in [2.45, 2.75) is 25.5 Å². The first kappa shape index (κ1) is 16.1. The Balaban J connectivity index is 2.28. The summed E-state index contributed by atoms with van der Waals surface area (Å²) in [6.07, 6.45) is 0.597. The molecule has 0 amide bonds. The molecule has 0 saturated heterocycles. The van der Waals surface area contributed by atoms with Crippen LogP contribution in [0.2, 0.25) is 10.0 Å². The number of halogens is 3. The number of benzene rings is 1. The van der Waals surface area contributed by atoms with Crippen LogP contribution in [0.25, 0.3) is 0 Å². The molecule has 0 fully saturated rings. The zero-order valence-electron chi connectivity index (χ0n) is 10.8. The molecule has 0 aliphatic heterocycles. The third-order valence-corrected chi connectivity index (χ3v) is 4.96. The SMILES string of the molecule is CCC(N)C(Oc1cc(Cl)cc(Cl)c1)c1ccc(Br)s1. The third kappa shape index (κ3) is 4.12. The highest BCUT2D eigenvalue weighted by atomic mass is 79.9. The summed E-state index contributed by atoms with van der Waals surface area (Å²) < 4.78 is 7.07. The highest BCUT2D eigenvalue weighted by Crippen LogP contribution is 2.34. The lowest BCUT2D eigenvalue weighted by molar-refractivity contribution is 0.174. The Morgan fingerprint density at radius 1 is 1.25 bits per heavy atom. The molecule has 0 aliphatic carbocycles. The summed E-state index contributed by atoms with van der Waals surface area (Å²) in [4.78, 5) is 1.07. The van der Waals surface area contributed by atoms with E-state index in [-0.39, 0.29) is 12.1 Å². The number of thiophene rings is 1. The number of hydrogen-bond donors (Lipinski definition) is 1. The van der Waals surface area contributed by atoms with Gasteiger partial charge in [-0.1, -0.05) is 30.1 Å². The molecular formula is C14H14BrCl2NOS. The van der Waals surface area contributed by atoms with Gasteiger partial charge in [0.1, 0.15) is 11.9 Å². The summed E-state index contributed by atoms with van der Waals surface area (Å²) in [5, 5.41) is 1.09. The summed E-state index contributed by atoms with van der Waals surface area (Å²) >= 11 is 17.1. The van der Waals surface area contributed by atoms with Crippen LogP contribution in [0.1, 0.15) is 24.3 Å². The fraction of sp³-hybridized carbons (Fsp3) is 0.286. The van der Waals surface area contributed by atoms with E-state index in [0.29, 0.717) is 15.8 Å². The number of ether oxygens (including phenoxy) is 1. The number of nitrogens with two attached hydrogens (primary N) is 1. The molecule has 0 aliphatic rings. The van der Waals surface area contributed by atoms with Crippen molar-refractivity contribution in [1.29, 1.82) is 0 Å². The normalized spacial score (nSPS) is 14.1. The van der Waals surface area contributed by atoms with Crippen molar-refractivity contribution >= 4 is 50.5 Å². The minimum Gasteiger partial charge on any atom is -0.483 e. The summed E-state index contributed by atoms with van der Waals surface area (Å²) in [6.45, 7) is 2.04. The van der Waals surface area contributed by atoms with E-state index in [0.717, 1.165) is 15.1 Å². The molecule has 0 bridgehead atoms. The Bertz CT molecular complexity index is 570. The fourth-order valence-electron chi connectivity index (χ4n) is 1.79. The number of rotatable bonds is 5. The molecule has 0 spiro atoms. The van der Waals surface area contributed by atoms with Crippen LogP contribution in [-0.2, 0) is 0 Å². The second kappa shape index (κ2) is 7.14. The van der Waals surface area contributed by atoms with Crippen LogP contribution in [0, 0.1) is 0 Å². The molecule has 1 aromatic carbocycles. The van der Waals surface area contributed by atoms with E-state index < -0.39 is 0 Å². The molecule has 6 heteroatoms. The van der Waals surface area contributed by atoms with Crippen LogP contribution in [0.4, 0.5) is 0 Å². The Kier molecular flexibility index (Phi) is 5.75. The second-order valence-corrected chi connectivity index (χ2v) is 7.73. The molecule has 2 atom stereocenters. The van der Waals surface area contributed by atoms with E-state index >= 15 is 0 Å². The fourth-order valence-corrected chi connectivity index (χ4v) is 3.83. The van der Waals surface area contributed by atoms with Gasteiger partial charge in [-0.3, -0.25) is 0 Å². The predicted octanol–water partition coefficient (Wildman–Crippen LogP) is 5.67. The lowest BCUT2D eigenvalue weighted by atomic mass is 10.1. The van der Waals surface area contributed by atoms with Crippen LogP contribution >= 0.6 is 50.5 Å². The largest absolute Gasteiger partial charge is 0.483 e. The van der Waals surface area contributed by atoms with Gasteiger partial charge in [0.2, 0.25) is 0 Å². The van der Waals surface area contributed by atoms with Crippen molar-refractivity contribution in [3.63, 3.8) is 0 Å². The second-order valence-electron chi connectivity index (χ2n) is 4.36. The maximum absolute atomic E-state index is 6.18. The third-order valence-electron chi connectivity index (χ3n) is 2.83. The molecule has 2 N–H and O–H groups in total. The van der Waals surface area contributed by atoms with Gasteiger partial charge in [-0.15, -0.1) is 11.3 Å². The first-order valence-electron chi connectivity index (χ1n) is 6.13. The molecule has 2 unspecified atom stereocenters. The van der Waals surface area contributed by atoms with E-state index in [1.807, 2.05) is 19.1 Å². The van der Waals surface area contributed by atoms with E-state index in [2.05, 4.69) is 15.9 Å². The van der Waals surface area contributed by atoms with Crippen LogP contribution in [0.3, 0.4) is 0 Å². The van der Waals surface area contributed by atoms with Gasteiger partial charge < -0.3 is 10.5 Å². The van der Waals surface area contributed by atoms with Crippen LogP contribution in [-0.4, -0.2) is 6.04 Å². The van der Waals surface area contributed by atoms with Crippen molar-refractivity contribution in [1.82, 2.24) is 0 Å². The molecule has 2 aromatic rings. The lowest BCUT2D eigenvalue weighted by Gasteiger charge is -2.23. The summed E-state index contributed by atoms with van der Waals surface area (Å²) in [6, 6.07) is 9.06. The van der Waals surface area contributed by atoms with E-state index in [9.17, 15) is 0 Å². The Hall–Kier alpha value is -0.260. The maximum atomic E-state index is 6.18. The van der Waals surface area contributed by atoms with Gasteiger partial charge in [0.05, 0.1) is 3.79 Å². The highest BCUT2D eigenvalue weighted by molar-refractivity contribution is 9.11. The van der Waals surface area contributed by atoms with Gasteiger partial charge in [-0.05, 0) is 52.7 Å². The van der Waals surface area contributed by atoms with Gasteiger partial charge in [0.25, 0.3) is 0 Å². The average molecular weight is 395 g/mol. The van der Waals surface area contributed by atoms with Crippen molar-refractivity contribution < 1.29 is 4.74 Å². The van der Waals surface area contributed by atoms with Crippen molar-refractivity contribution in [3.05, 3.63) is 49.0 Å². The zero-order valence-corrected chi connectivity index (χ0v) is 14.7. The van der Waals surface area contributed by atoms with Gasteiger partial charge >= 0.3 is 0 Å². The molecule has 0 radical (unpaired) electrons. The molecule has 1 heterocycles. The smallest absolute Gasteiger partial charge is 0.148 e. The van der Waals surface area contributed by atoms with Crippen LogP contribution in [0.5, 0.6) is 5.75 Å². The molecule has 2 nitrogen and oxygen atoms in total. The minimum atomic E-state index is -0.217. The minimum absolute atomic E-state index is 0.0988. The summed E-state index contributed by atoms with van der Waals surface area (Å²) in [5.74, 6) is 0.626. The summed E-state index contributed by atoms with van der Waals surface area (Å²) in [7, 11) is 0. The number of hydrogen-bond acceptors (Lipinski definition) is 3. The maximum Gasteiger partial charge on any atom is 0.148 e. The van der Waals surface area contributed by atoms with Crippen LogP contribution in [0.15, 0.2) is 34.1 Å². The molecule has 20 heavy (non-hydrogen) atoms. The van der Waals surface area contributed by atoms with Gasteiger partial charge in [-0.2, -0.15) is 0 Å². The van der Waals surface area contributed by atoms with Crippen molar-refractivity contribution in [2.75, 3.05) is 0 Å². The molecule has 108 valence electrons. The molecular weight excluding hydrogens is 381 g/mol. The van der Waals surface area contributed by atoms with Gasteiger partial charge in [0.15, 0.2) is 0 Å². The standard InChI is InChI=1S/C14H14BrCl2NOS/c1-2-11(18)14(12-3-4-13(15)20-12)19-10-6-8(16)5-9(17)7-10/h3-7,11,14H,2,18H2,1H3. The van der Waals surface area contributed by atoms with Gasteiger partial charge in [0, 0.05) is 21.0 Å². The van der Waals surface area contributed by atoms with E-state index in [4.69, 9.17) is 33.7 Å². The first-order valence-corrected chi connectivity index (χ1v) is 8.49. The molecule has 2 rings (SSSR count).